The zero-order valence-electron chi connectivity index (χ0n) is 13.8. The Labute approximate surface area is 141 Å². The van der Waals surface area contributed by atoms with Crippen LogP contribution in [0, 0.1) is 0 Å². The monoisotopic (exact) mass is 330 g/mol. The van der Waals surface area contributed by atoms with Crippen molar-refractivity contribution in [3.8, 4) is 0 Å². The van der Waals surface area contributed by atoms with Crippen LogP contribution < -0.4 is 5.32 Å². The van der Waals surface area contributed by atoms with Gasteiger partial charge in [-0.25, -0.2) is 4.79 Å². The van der Waals surface area contributed by atoms with Gasteiger partial charge in [0.05, 0.1) is 12.2 Å². The van der Waals surface area contributed by atoms with Crippen LogP contribution in [0.4, 0.5) is 4.79 Å². The Bertz CT molecular complexity index is 640. The molecule has 24 heavy (non-hydrogen) atoms. The summed E-state index contributed by atoms with van der Waals surface area (Å²) in [5, 5.41) is 2.71. The van der Waals surface area contributed by atoms with Crippen LogP contribution in [-0.4, -0.2) is 51.8 Å². The van der Waals surface area contributed by atoms with E-state index < -0.39 is 5.54 Å². The molecule has 7 nitrogen and oxygen atoms in total. The Kier molecular flexibility index (Phi) is 4.51. The molecule has 0 aromatic carbocycles. The Hall–Kier alpha value is -2.44. The van der Waals surface area contributed by atoms with Crippen LogP contribution in [0.5, 0.6) is 0 Å². The second kappa shape index (κ2) is 6.59. The van der Waals surface area contributed by atoms with E-state index in [2.05, 4.69) is 10.3 Å². The lowest BCUT2D eigenvalue weighted by molar-refractivity contribution is -0.137. The van der Waals surface area contributed by atoms with Gasteiger partial charge in [-0.05, 0) is 25.0 Å². The molecular weight excluding hydrogens is 308 g/mol. The van der Waals surface area contributed by atoms with E-state index >= 15 is 0 Å². The van der Waals surface area contributed by atoms with Crippen LogP contribution in [0.15, 0.2) is 24.4 Å². The predicted octanol–water partition coefficient (Wildman–Crippen LogP) is 1.29. The Morgan fingerprint density at radius 2 is 2.00 bits per heavy atom. The number of aromatic nitrogens is 1. The van der Waals surface area contributed by atoms with Crippen LogP contribution in [0.25, 0.3) is 0 Å². The number of pyridine rings is 1. The first-order valence-corrected chi connectivity index (χ1v) is 8.31. The number of carbonyl (C=O) groups is 3. The fourth-order valence-corrected chi connectivity index (χ4v) is 3.56. The molecule has 1 aromatic heterocycles. The van der Waals surface area contributed by atoms with Crippen molar-refractivity contribution < 1.29 is 14.4 Å². The molecule has 3 rings (SSSR count). The third-order valence-corrected chi connectivity index (χ3v) is 4.98. The smallest absolute Gasteiger partial charge is 0.327 e. The molecule has 1 N–H and O–H groups in total. The quantitative estimate of drug-likeness (QED) is 0.844. The van der Waals surface area contributed by atoms with Crippen molar-refractivity contribution in [1.29, 1.82) is 0 Å². The highest BCUT2D eigenvalue weighted by molar-refractivity contribution is 6.08. The third kappa shape index (κ3) is 2.86. The number of carbonyl (C=O) groups excluding carboxylic acids is 3. The number of rotatable bonds is 4. The standard InChI is InChI=1S/C17H22N4O3/c1-20-16(24)21(15(23)17(20)8-4-2-5-9-17)12-14(22)19-11-13-7-3-6-10-18-13/h3,6-7,10H,2,4-5,8-9,11-12H2,1H3,(H,19,22). The first-order valence-electron chi connectivity index (χ1n) is 8.31. The molecule has 1 aliphatic heterocycles. The van der Waals surface area contributed by atoms with E-state index in [1.54, 1.807) is 25.4 Å². The van der Waals surface area contributed by atoms with Gasteiger partial charge >= 0.3 is 6.03 Å². The van der Waals surface area contributed by atoms with Gasteiger partial charge in [0, 0.05) is 13.2 Å². The molecule has 2 aliphatic rings. The minimum Gasteiger partial charge on any atom is -0.349 e. The normalized spacial score (nSPS) is 19.9. The maximum atomic E-state index is 12.8. The molecule has 2 fully saturated rings. The van der Waals surface area contributed by atoms with Gasteiger partial charge in [0.15, 0.2) is 0 Å². The molecule has 1 aliphatic carbocycles. The topological polar surface area (TPSA) is 82.6 Å². The van der Waals surface area contributed by atoms with Gasteiger partial charge in [0.2, 0.25) is 5.91 Å². The van der Waals surface area contributed by atoms with Gasteiger partial charge in [-0.2, -0.15) is 0 Å². The van der Waals surface area contributed by atoms with Crippen molar-refractivity contribution >= 4 is 17.8 Å². The second-order valence-corrected chi connectivity index (χ2v) is 6.42. The number of imide groups is 1. The van der Waals surface area contributed by atoms with Crippen molar-refractivity contribution in [2.45, 2.75) is 44.2 Å². The van der Waals surface area contributed by atoms with Crippen molar-refractivity contribution in [3.63, 3.8) is 0 Å². The van der Waals surface area contributed by atoms with E-state index in [1.165, 1.54) is 4.90 Å². The maximum absolute atomic E-state index is 12.8. The van der Waals surface area contributed by atoms with E-state index in [9.17, 15) is 14.4 Å². The fourth-order valence-electron chi connectivity index (χ4n) is 3.56. The highest BCUT2D eigenvalue weighted by Gasteiger charge is 2.55. The Balaban J connectivity index is 1.63. The number of amides is 4. The second-order valence-electron chi connectivity index (χ2n) is 6.42. The van der Waals surface area contributed by atoms with Gasteiger partial charge in [-0.15, -0.1) is 0 Å². The maximum Gasteiger partial charge on any atom is 0.327 e. The van der Waals surface area contributed by atoms with Gasteiger partial charge in [-0.3, -0.25) is 19.5 Å². The summed E-state index contributed by atoms with van der Waals surface area (Å²) < 4.78 is 0. The molecule has 0 atom stereocenters. The lowest BCUT2D eigenvalue weighted by atomic mass is 9.81. The molecule has 1 aromatic rings. The van der Waals surface area contributed by atoms with Crippen molar-refractivity contribution in [2.24, 2.45) is 0 Å². The number of hydrogen-bond donors (Lipinski definition) is 1. The molecule has 128 valence electrons. The zero-order chi connectivity index (χ0) is 17.2. The molecule has 0 bridgehead atoms. The molecule has 4 amide bonds. The number of urea groups is 1. The van der Waals surface area contributed by atoms with E-state index in [0.717, 1.165) is 29.9 Å². The Morgan fingerprint density at radius 3 is 2.67 bits per heavy atom. The molecule has 0 radical (unpaired) electrons. The lowest BCUT2D eigenvalue weighted by Gasteiger charge is -2.35. The van der Waals surface area contributed by atoms with Gasteiger partial charge in [0.1, 0.15) is 12.1 Å². The molecule has 1 spiro atoms. The first-order chi connectivity index (χ1) is 11.5. The van der Waals surface area contributed by atoms with Gasteiger partial charge < -0.3 is 10.2 Å². The summed E-state index contributed by atoms with van der Waals surface area (Å²) in [4.78, 5) is 44.1. The predicted molar refractivity (Wildman–Crippen MR) is 86.8 cm³/mol. The average molecular weight is 330 g/mol. The fraction of sp³-hybridized carbons (Fsp3) is 0.529. The SMILES string of the molecule is CN1C(=O)N(CC(=O)NCc2ccccn2)C(=O)C12CCCCC2. The summed E-state index contributed by atoms with van der Waals surface area (Å²) in [5.74, 6) is -0.591. The molecule has 0 unspecified atom stereocenters. The summed E-state index contributed by atoms with van der Waals surface area (Å²) in [5.41, 5.74) is -0.0119. The van der Waals surface area contributed by atoms with Crippen LogP contribution in [0.3, 0.4) is 0 Å². The molecule has 7 heteroatoms. The largest absolute Gasteiger partial charge is 0.349 e. The highest BCUT2D eigenvalue weighted by atomic mass is 16.2. The molecular formula is C17H22N4O3. The summed E-state index contributed by atoms with van der Waals surface area (Å²) in [6.07, 6.45) is 5.96. The zero-order valence-corrected chi connectivity index (χ0v) is 13.8. The van der Waals surface area contributed by atoms with Crippen molar-refractivity contribution in [2.75, 3.05) is 13.6 Å². The van der Waals surface area contributed by atoms with E-state index in [-0.39, 0.29) is 30.9 Å². The number of hydrogen-bond acceptors (Lipinski definition) is 4. The highest BCUT2D eigenvalue weighted by Crippen LogP contribution is 2.39. The first kappa shape index (κ1) is 16.4. The summed E-state index contributed by atoms with van der Waals surface area (Å²) in [6, 6.07) is 5.06. The van der Waals surface area contributed by atoms with Crippen LogP contribution in [0.1, 0.15) is 37.8 Å². The molecule has 1 saturated carbocycles. The van der Waals surface area contributed by atoms with Crippen LogP contribution >= 0.6 is 0 Å². The Morgan fingerprint density at radius 1 is 1.25 bits per heavy atom. The van der Waals surface area contributed by atoms with E-state index in [4.69, 9.17) is 0 Å². The van der Waals surface area contributed by atoms with Crippen molar-refractivity contribution in [3.05, 3.63) is 30.1 Å². The minimum atomic E-state index is -0.739. The lowest BCUT2D eigenvalue weighted by Crippen LogP contribution is -2.49. The van der Waals surface area contributed by atoms with Crippen LogP contribution in [-0.2, 0) is 16.1 Å². The minimum absolute atomic E-state index is 0.234. The van der Waals surface area contributed by atoms with Gasteiger partial charge in [-0.1, -0.05) is 25.3 Å². The van der Waals surface area contributed by atoms with Crippen molar-refractivity contribution in [1.82, 2.24) is 20.1 Å². The van der Waals surface area contributed by atoms with E-state index in [1.807, 2.05) is 6.07 Å². The summed E-state index contributed by atoms with van der Waals surface area (Å²) >= 11 is 0. The number of nitrogens with one attached hydrogen (secondary N) is 1. The van der Waals surface area contributed by atoms with Crippen LogP contribution in [0.2, 0.25) is 0 Å². The number of nitrogens with zero attached hydrogens (tertiary/aromatic N) is 3. The number of likely N-dealkylation sites (N-methyl/N-ethyl adjacent to an activating group) is 1. The summed E-state index contributed by atoms with van der Waals surface area (Å²) in [6.45, 7) is 0.0352. The summed E-state index contributed by atoms with van der Waals surface area (Å²) in [7, 11) is 1.66. The molecule has 1 saturated heterocycles. The third-order valence-electron chi connectivity index (χ3n) is 4.98. The molecule has 2 heterocycles. The van der Waals surface area contributed by atoms with E-state index in [0.29, 0.717) is 12.8 Å². The van der Waals surface area contributed by atoms with Gasteiger partial charge in [0.25, 0.3) is 5.91 Å². The average Bonchev–Trinajstić information content (AvgIpc) is 2.78.